The number of nitrogens with one attached hydrogen (secondary N) is 1. The number of hydrogen-bond acceptors (Lipinski definition) is 5. The van der Waals surface area contributed by atoms with Crippen LogP contribution in [-0.4, -0.2) is 18.0 Å². The minimum absolute atomic E-state index is 0.236. The van der Waals surface area contributed by atoms with Crippen molar-refractivity contribution in [2.24, 2.45) is 5.73 Å². The molecule has 0 aliphatic heterocycles. The fourth-order valence-electron chi connectivity index (χ4n) is 1.67. The molecular formula is C13H14N4O2. The van der Waals surface area contributed by atoms with Gasteiger partial charge in [-0.2, -0.15) is 0 Å². The first-order valence-corrected chi connectivity index (χ1v) is 5.57. The molecule has 6 heteroatoms. The molecule has 1 heterocycles. The normalized spacial score (nSPS) is 9.95. The maximum absolute atomic E-state index is 11.4. The van der Waals surface area contributed by atoms with E-state index in [-0.39, 0.29) is 11.4 Å². The highest BCUT2D eigenvalue weighted by atomic mass is 16.5. The molecule has 1 aromatic heterocycles. The molecule has 0 saturated carbocycles. The number of amides is 1. The topological polar surface area (TPSA) is 103 Å². The molecule has 2 aromatic rings. The average molecular weight is 258 g/mol. The van der Waals surface area contributed by atoms with Gasteiger partial charge in [-0.05, 0) is 18.2 Å². The van der Waals surface area contributed by atoms with E-state index in [9.17, 15) is 4.79 Å². The van der Waals surface area contributed by atoms with Crippen molar-refractivity contribution < 1.29 is 9.53 Å². The Morgan fingerprint density at radius 1 is 1.32 bits per heavy atom. The Morgan fingerprint density at radius 2 is 2.05 bits per heavy atom. The monoisotopic (exact) mass is 258 g/mol. The van der Waals surface area contributed by atoms with Crippen LogP contribution in [0.1, 0.15) is 10.4 Å². The summed E-state index contributed by atoms with van der Waals surface area (Å²) < 4.78 is 5.22. The zero-order valence-corrected chi connectivity index (χ0v) is 10.4. The highest BCUT2D eigenvalue weighted by molar-refractivity contribution is 5.99. The van der Waals surface area contributed by atoms with Gasteiger partial charge in [0.2, 0.25) is 0 Å². The summed E-state index contributed by atoms with van der Waals surface area (Å²) in [7, 11) is 1.57. The molecule has 5 N–H and O–H groups in total. The molecule has 0 aliphatic carbocycles. The highest BCUT2D eigenvalue weighted by Crippen LogP contribution is 2.28. The summed E-state index contributed by atoms with van der Waals surface area (Å²) in [6, 6.07) is 8.75. The Balaban J connectivity index is 2.41. The fraction of sp³-hybridized carbons (Fsp3) is 0.0769. The maximum atomic E-state index is 11.4. The van der Waals surface area contributed by atoms with Crippen LogP contribution in [0.3, 0.4) is 0 Å². The first-order chi connectivity index (χ1) is 9.11. The van der Waals surface area contributed by atoms with Crippen molar-refractivity contribution in [3.63, 3.8) is 0 Å². The second-order valence-electron chi connectivity index (χ2n) is 3.84. The second-order valence-corrected chi connectivity index (χ2v) is 3.84. The highest BCUT2D eigenvalue weighted by Gasteiger charge is 2.11. The lowest BCUT2D eigenvalue weighted by atomic mass is 10.2. The number of anilines is 3. The number of benzene rings is 1. The van der Waals surface area contributed by atoms with E-state index in [0.717, 1.165) is 0 Å². The van der Waals surface area contributed by atoms with Crippen LogP contribution in [0.15, 0.2) is 36.5 Å². The van der Waals surface area contributed by atoms with Crippen LogP contribution in [0, 0.1) is 0 Å². The van der Waals surface area contributed by atoms with E-state index < -0.39 is 5.91 Å². The Hall–Kier alpha value is -2.76. The first kappa shape index (κ1) is 12.7. The number of pyridine rings is 1. The average Bonchev–Trinajstić information content (AvgIpc) is 2.41. The number of nitrogens with two attached hydrogens (primary N) is 2. The molecule has 0 unspecified atom stereocenters. The summed E-state index contributed by atoms with van der Waals surface area (Å²) >= 11 is 0. The number of nitrogens with zero attached hydrogens (tertiary/aromatic N) is 1. The molecule has 2 rings (SSSR count). The van der Waals surface area contributed by atoms with Crippen LogP contribution in [0.4, 0.5) is 17.2 Å². The van der Waals surface area contributed by atoms with Crippen LogP contribution in [0.2, 0.25) is 0 Å². The molecule has 19 heavy (non-hydrogen) atoms. The summed E-state index contributed by atoms with van der Waals surface area (Å²) in [4.78, 5) is 15.3. The van der Waals surface area contributed by atoms with Gasteiger partial charge in [-0.3, -0.25) is 4.79 Å². The fourth-order valence-corrected chi connectivity index (χ4v) is 1.67. The first-order valence-electron chi connectivity index (χ1n) is 5.57. The molecule has 0 atom stereocenters. The van der Waals surface area contributed by atoms with E-state index in [1.807, 2.05) is 18.2 Å². The quantitative estimate of drug-likeness (QED) is 0.771. The Labute approximate surface area is 110 Å². The maximum Gasteiger partial charge on any atom is 0.251 e. The number of ether oxygens (including phenoxy) is 1. The van der Waals surface area contributed by atoms with Gasteiger partial charge in [0.25, 0.3) is 5.91 Å². The molecule has 0 radical (unpaired) electrons. The van der Waals surface area contributed by atoms with E-state index in [4.69, 9.17) is 16.2 Å². The summed E-state index contributed by atoms with van der Waals surface area (Å²) in [5, 5.41) is 3.06. The molecule has 0 spiro atoms. The van der Waals surface area contributed by atoms with Crippen molar-refractivity contribution in [3.05, 3.63) is 42.1 Å². The minimum Gasteiger partial charge on any atom is -0.495 e. The van der Waals surface area contributed by atoms with E-state index in [1.54, 1.807) is 13.2 Å². The summed E-state index contributed by atoms with van der Waals surface area (Å²) in [6.45, 7) is 0. The van der Waals surface area contributed by atoms with E-state index in [0.29, 0.717) is 17.1 Å². The molecule has 0 saturated heterocycles. The van der Waals surface area contributed by atoms with Crippen LogP contribution in [0.5, 0.6) is 5.75 Å². The van der Waals surface area contributed by atoms with Crippen molar-refractivity contribution in [1.82, 2.24) is 4.98 Å². The lowest BCUT2D eigenvalue weighted by molar-refractivity contribution is 0.100. The third kappa shape index (κ3) is 2.74. The van der Waals surface area contributed by atoms with Gasteiger partial charge in [0.1, 0.15) is 11.6 Å². The number of rotatable bonds is 4. The molecule has 1 aromatic carbocycles. The largest absolute Gasteiger partial charge is 0.495 e. The number of hydrogen-bond donors (Lipinski definition) is 3. The molecule has 0 fully saturated rings. The molecule has 98 valence electrons. The van der Waals surface area contributed by atoms with Gasteiger partial charge in [0.15, 0.2) is 0 Å². The third-order valence-electron chi connectivity index (χ3n) is 2.57. The summed E-state index contributed by atoms with van der Waals surface area (Å²) in [5.41, 5.74) is 12.3. The van der Waals surface area contributed by atoms with Crippen LogP contribution in [-0.2, 0) is 0 Å². The number of carbonyl (C=O) groups is 1. The van der Waals surface area contributed by atoms with Crippen molar-refractivity contribution in [2.45, 2.75) is 0 Å². The van der Waals surface area contributed by atoms with Gasteiger partial charge in [-0.1, -0.05) is 12.1 Å². The van der Waals surface area contributed by atoms with Gasteiger partial charge < -0.3 is 21.5 Å². The number of carbonyl (C=O) groups excluding carboxylic acids is 1. The molecule has 6 nitrogen and oxygen atoms in total. The predicted molar refractivity (Wildman–Crippen MR) is 73.4 cm³/mol. The lowest BCUT2D eigenvalue weighted by Crippen LogP contribution is -2.14. The predicted octanol–water partition coefficient (Wildman–Crippen LogP) is 1.51. The summed E-state index contributed by atoms with van der Waals surface area (Å²) in [6.07, 6.45) is 1.46. The van der Waals surface area contributed by atoms with Crippen molar-refractivity contribution >= 4 is 23.1 Å². The van der Waals surface area contributed by atoms with Crippen molar-refractivity contribution in [2.75, 3.05) is 18.2 Å². The Bertz CT molecular complexity index is 613. The standard InChI is InChI=1S/C13H14N4O2/c1-19-11-5-3-2-4-9(11)17-10-7-16-12(14)6-8(10)13(15)18/h2-7,17H,1H3,(H2,14,16)(H2,15,18). The molecule has 0 bridgehead atoms. The number of para-hydroxylation sites is 2. The van der Waals surface area contributed by atoms with Crippen LogP contribution < -0.4 is 21.5 Å². The van der Waals surface area contributed by atoms with Crippen molar-refractivity contribution in [1.29, 1.82) is 0 Å². The second kappa shape index (κ2) is 5.26. The third-order valence-corrected chi connectivity index (χ3v) is 2.57. The molecule has 1 amide bonds. The number of aromatic nitrogens is 1. The Kier molecular flexibility index (Phi) is 3.51. The Morgan fingerprint density at radius 3 is 2.74 bits per heavy atom. The SMILES string of the molecule is COc1ccccc1Nc1cnc(N)cc1C(N)=O. The smallest absolute Gasteiger partial charge is 0.251 e. The molecular weight excluding hydrogens is 244 g/mol. The zero-order chi connectivity index (χ0) is 13.8. The zero-order valence-electron chi connectivity index (χ0n) is 10.4. The minimum atomic E-state index is -0.577. The van der Waals surface area contributed by atoms with E-state index in [2.05, 4.69) is 10.3 Å². The molecule has 0 aliphatic rings. The van der Waals surface area contributed by atoms with Crippen LogP contribution >= 0.6 is 0 Å². The van der Waals surface area contributed by atoms with Gasteiger partial charge in [-0.25, -0.2) is 4.98 Å². The lowest BCUT2D eigenvalue weighted by Gasteiger charge is -2.13. The summed E-state index contributed by atoms with van der Waals surface area (Å²) in [5.74, 6) is 0.306. The van der Waals surface area contributed by atoms with Gasteiger partial charge >= 0.3 is 0 Å². The number of primary amides is 1. The number of nitrogen functional groups attached to an aromatic ring is 1. The van der Waals surface area contributed by atoms with Crippen LogP contribution in [0.25, 0.3) is 0 Å². The van der Waals surface area contributed by atoms with Gasteiger partial charge in [-0.15, -0.1) is 0 Å². The number of methoxy groups -OCH3 is 1. The van der Waals surface area contributed by atoms with Crippen molar-refractivity contribution in [3.8, 4) is 5.75 Å². The van der Waals surface area contributed by atoms with E-state index in [1.165, 1.54) is 12.3 Å². The van der Waals surface area contributed by atoms with Gasteiger partial charge in [0, 0.05) is 0 Å². The van der Waals surface area contributed by atoms with E-state index >= 15 is 0 Å². The van der Waals surface area contributed by atoms with Gasteiger partial charge in [0.05, 0.1) is 30.2 Å².